The van der Waals surface area contributed by atoms with Crippen LogP contribution in [0.25, 0.3) is 0 Å². The highest BCUT2D eigenvalue weighted by Crippen LogP contribution is 2.25. The lowest BCUT2D eigenvalue weighted by molar-refractivity contribution is 0.166. The number of rotatable bonds is 5. The van der Waals surface area contributed by atoms with Gasteiger partial charge in [0.15, 0.2) is 11.6 Å². The summed E-state index contributed by atoms with van der Waals surface area (Å²) in [4.78, 5) is 0. The molecule has 0 radical (unpaired) electrons. The Hall–Kier alpha value is -1.00. The Labute approximate surface area is 93.6 Å². The maximum absolute atomic E-state index is 13.1. The van der Waals surface area contributed by atoms with Crippen LogP contribution >= 0.6 is 0 Å². The molecule has 1 aliphatic carbocycles. The van der Waals surface area contributed by atoms with Crippen molar-refractivity contribution in [3.63, 3.8) is 0 Å². The van der Waals surface area contributed by atoms with Gasteiger partial charge in [-0.2, -0.15) is 0 Å². The van der Waals surface area contributed by atoms with E-state index in [1.165, 1.54) is 6.07 Å². The zero-order valence-electron chi connectivity index (χ0n) is 9.17. The standard InChI is InChI=1S/C12H15F2NO/c1-16-7-12(15-9-3-4-9)8-2-5-10(13)11(14)6-8/h2,5-6,9,12,15H,3-4,7H2,1H3. The van der Waals surface area contributed by atoms with E-state index in [-0.39, 0.29) is 6.04 Å². The van der Waals surface area contributed by atoms with Crippen molar-refractivity contribution >= 4 is 0 Å². The first-order valence-corrected chi connectivity index (χ1v) is 5.40. The van der Waals surface area contributed by atoms with Crippen LogP contribution in [0.3, 0.4) is 0 Å². The van der Waals surface area contributed by atoms with Crippen molar-refractivity contribution in [2.45, 2.75) is 24.9 Å². The largest absolute Gasteiger partial charge is 0.383 e. The van der Waals surface area contributed by atoms with E-state index in [2.05, 4.69) is 5.32 Å². The third-order valence-electron chi connectivity index (χ3n) is 2.69. The number of nitrogens with one attached hydrogen (secondary N) is 1. The van der Waals surface area contributed by atoms with E-state index in [4.69, 9.17) is 4.74 Å². The molecule has 2 nitrogen and oxygen atoms in total. The first-order valence-electron chi connectivity index (χ1n) is 5.40. The third kappa shape index (κ3) is 2.77. The van der Waals surface area contributed by atoms with Gasteiger partial charge in [-0.1, -0.05) is 6.07 Å². The molecule has 1 aromatic carbocycles. The molecule has 1 N–H and O–H groups in total. The van der Waals surface area contributed by atoms with E-state index >= 15 is 0 Å². The second-order valence-electron chi connectivity index (χ2n) is 4.12. The predicted octanol–water partition coefficient (Wildman–Crippen LogP) is 2.40. The van der Waals surface area contributed by atoms with Gasteiger partial charge in [0.2, 0.25) is 0 Å². The molecule has 1 fully saturated rings. The predicted molar refractivity (Wildman–Crippen MR) is 57.1 cm³/mol. The summed E-state index contributed by atoms with van der Waals surface area (Å²) in [6, 6.07) is 4.41. The van der Waals surface area contributed by atoms with Crippen LogP contribution in [0.2, 0.25) is 0 Å². The minimum atomic E-state index is -0.814. The zero-order valence-corrected chi connectivity index (χ0v) is 9.17. The average molecular weight is 227 g/mol. The molecule has 16 heavy (non-hydrogen) atoms. The smallest absolute Gasteiger partial charge is 0.159 e. The van der Waals surface area contributed by atoms with E-state index in [1.807, 2.05) is 0 Å². The van der Waals surface area contributed by atoms with Gasteiger partial charge >= 0.3 is 0 Å². The van der Waals surface area contributed by atoms with Crippen LogP contribution in [0.5, 0.6) is 0 Å². The van der Waals surface area contributed by atoms with Gasteiger partial charge in [0, 0.05) is 13.2 Å². The highest BCUT2D eigenvalue weighted by molar-refractivity contribution is 5.22. The number of halogens is 2. The van der Waals surface area contributed by atoms with Crippen molar-refractivity contribution in [2.75, 3.05) is 13.7 Å². The molecular weight excluding hydrogens is 212 g/mol. The van der Waals surface area contributed by atoms with E-state index in [9.17, 15) is 8.78 Å². The Morgan fingerprint density at radius 1 is 1.38 bits per heavy atom. The molecule has 1 unspecified atom stereocenters. The van der Waals surface area contributed by atoms with Gasteiger partial charge in [0.05, 0.1) is 12.6 Å². The van der Waals surface area contributed by atoms with Crippen molar-refractivity contribution in [2.24, 2.45) is 0 Å². The molecule has 0 amide bonds. The number of benzene rings is 1. The van der Waals surface area contributed by atoms with Gasteiger partial charge in [-0.25, -0.2) is 8.78 Å². The van der Waals surface area contributed by atoms with Crippen LogP contribution in [0.1, 0.15) is 24.4 Å². The van der Waals surface area contributed by atoms with Gasteiger partial charge in [-0.3, -0.25) is 0 Å². The molecule has 0 aromatic heterocycles. The van der Waals surface area contributed by atoms with Crippen molar-refractivity contribution < 1.29 is 13.5 Å². The van der Waals surface area contributed by atoms with Crippen LogP contribution < -0.4 is 5.32 Å². The van der Waals surface area contributed by atoms with Gasteiger partial charge in [0.1, 0.15) is 0 Å². The van der Waals surface area contributed by atoms with E-state index < -0.39 is 11.6 Å². The first-order chi connectivity index (χ1) is 7.70. The second kappa shape index (κ2) is 4.89. The van der Waals surface area contributed by atoms with E-state index in [0.717, 1.165) is 24.5 Å². The van der Waals surface area contributed by atoms with Crippen LogP contribution in [0, 0.1) is 11.6 Å². The second-order valence-corrected chi connectivity index (χ2v) is 4.12. The van der Waals surface area contributed by atoms with Gasteiger partial charge in [-0.05, 0) is 30.5 Å². The quantitative estimate of drug-likeness (QED) is 0.834. The lowest BCUT2D eigenvalue weighted by Crippen LogP contribution is -2.27. The van der Waals surface area contributed by atoms with Gasteiger partial charge in [0.25, 0.3) is 0 Å². The summed E-state index contributed by atoms with van der Waals surface area (Å²) >= 11 is 0. The SMILES string of the molecule is COCC(NC1CC1)c1ccc(F)c(F)c1. The molecule has 1 atom stereocenters. The van der Waals surface area contributed by atoms with Crippen LogP contribution in [0.4, 0.5) is 8.78 Å². The monoisotopic (exact) mass is 227 g/mol. The lowest BCUT2D eigenvalue weighted by atomic mass is 10.1. The summed E-state index contributed by atoms with van der Waals surface area (Å²) < 4.78 is 31.0. The fraction of sp³-hybridized carbons (Fsp3) is 0.500. The topological polar surface area (TPSA) is 21.3 Å². The molecule has 0 saturated heterocycles. The summed E-state index contributed by atoms with van der Waals surface area (Å²) in [5.41, 5.74) is 0.729. The maximum Gasteiger partial charge on any atom is 0.159 e. The first kappa shape index (κ1) is 11.5. The molecule has 1 saturated carbocycles. The molecule has 1 aromatic rings. The number of ether oxygens (including phenoxy) is 1. The fourth-order valence-corrected chi connectivity index (χ4v) is 1.67. The Morgan fingerprint density at radius 3 is 2.69 bits per heavy atom. The minimum absolute atomic E-state index is 0.0624. The molecule has 4 heteroatoms. The minimum Gasteiger partial charge on any atom is -0.383 e. The fourth-order valence-electron chi connectivity index (χ4n) is 1.67. The summed E-state index contributed by atoms with van der Waals surface area (Å²) in [5, 5.41) is 3.34. The van der Waals surface area contributed by atoms with Crippen LogP contribution in [-0.4, -0.2) is 19.8 Å². The summed E-state index contributed by atoms with van der Waals surface area (Å²) in [5.74, 6) is -1.62. The Bertz CT molecular complexity index is 366. The normalized spacial score (nSPS) is 17.4. The summed E-state index contributed by atoms with van der Waals surface area (Å²) in [6.07, 6.45) is 2.29. The highest BCUT2D eigenvalue weighted by atomic mass is 19.2. The average Bonchev–Trinajstić information content (AvgIpc) is 3.05. The molecular formula is C12H15F2NO. The summed E-state index contributed by atoms with van der Waals surface area (Å²) in [7, 11) is 1.60. The maximum atomic E-state index is 13.1. The molecule has 0 bridgehead atoms. The zero-order chi connectivity index (χ0) is 11.5. The number of hydrogen-bond acceptors (Lipinski definition) is 2. The molecule has 2 rings (SSSR count). The van der Waals surface area contributed by atoms with E-state index in [0.29, 0.717) is 12.6 Å². The van der Waals surface area contributed by atoms with Crippen molar-refractivity contribution in [3.05, 3.63) is 35.4 Å². The Morgan fingerprint density at radius 2 is 2.12 bits per heavy atom. The molecule has 0 spiro atoms. The lowest BCUT2D eigenvalue weighted by Gasteiger charge is -2.18. The van der Waals surface area contributed by atoms with Crippen molar-refractivity contribution in [1.82, 2.24) is 5.32 Å². The molecule has 1 aliphatic rings. The van der Waals surface area contributed by atoms with Gasteiger partial charge < -0.3 is 10.1 Å². The van der Waals surface area contributed by atoms with E-state index in [1.54, 1.807) is 13.2 Å². The summed E-state index contributed by atoms with van der Waals surface area (Å²) in [6.45, 7) is 0.460. The van der Waals surface area contributed by atoms with Crippen LogP contribution in [0.15, 0.2) is 18.2 Å². The number of methoxy groups -OCH3 is 1. The van der Waals surface area contributed by atoms with Crippen LogP contribution in [-0.2, 0) is 4.74 Å². The van der Waals surface area contributed by atoms with Crippen molar-refractivity contribution in [3.8, 4) is 0 Å². The number of hydrogen-bond donors (Lipinski definition) is 1. The highest BCUT2D eigenvalue weighted by Gasteiger charge is 2.25. The molecule has 0 heterocycles. The van der Waals surface area contributed by atoms with Gasteiger partial charge in [-0.15, -0.1) is 0 Å². The third-order valence-corrected chi connectivity index (χ3v) is 2.69. The molecule has 88 valence electrons. The van der Waals surface area contributed by atoms with Crippen molar-refractivity contribution in [1.29, 1.82) is 0 Å². The Balaban J connectivity index is 2.12. The Kier molecular flexibility index (Phi) is 3.51. The molecule has 0 aliphatic heterocycles.